The SMILES string of the molecule is CCC.CCCCCCC(C)C(C)NC(=O)C(C)(C)n1cnc(NC(=O)CNC2CCc3cccc(F)c3C2)c1.CF. The number of imidazole rings is 1. The molecule has 3 N–H and O–H groups in total. The lowest BCUT2D eigenvalue weighted by molar-refractivity contribution is -0.129. The maximum absolute atomic E-state index is 14.1. The molecule has 2 amide bonds. The standard InChI is InChI=1S/C29H44FN5O2.C3H8.CH3F/c1-6-7-8-9-11-20(2)21(3)33-28(37)29(4,5)35-18-26(32-19-35)34-27(36)17-31-23-15-14-22-12-10-13-25(30)24(22)16-23;1-3-2;1-2/h10,12-13,18-21,23,31H,6-9,11,14-17H2,1-5H3,(H,33,37)(H,34,36);3H2,1-2H3;1H3. The van der Waals surface area contributed by atoms with Crippen LogP contribution in [0.15, 0.2) is 30.7 Å². The molecule has 9 heteroatoms. The Kier molecular flexibility index (Phi) is 17.2. The molecule has 0 radical (unpaired) electrons. The highest BCUT2D eigenvalue weighted by molar-refractivity contribution is 5.91. The topological polar surface area (TPSA) is 88.1 Å². The van der Waals surface area contributed by atoms with Crippen molar-refractivity contribution >= 4 is 17.6 Å². The summed E-state index contributed by atoms with van der Waals surface area (Å²) in [6, 6.07) is 5.32. The third-order valence-electron chi connectivity index (χ3n) is 7.76. The molecule has 3 atom stereocenters. The number of hydrogen-bond acceptors (Lipinski definition) is 4. The zero-order valence-electron chi connectivity index (χ0n) is 27.2. The van der Waals surface area contributed by atoms with Crippen LogP contribution < -0.4 is 16.0 Å². The summed E-state index contributed by atoms with van der Waals surface area (Å²) >= 11 is 0. The largest absolute Gasteiger partial charge is 0.351 e. The smallest absolute Gasteiger partial charge is 0.245 e. The van der Waals surface area contributed by atoms with E-state index in [4.69, 9.17) is 0 Å². The molecule has 0 aliphatic heterocycles. The minimum absolute atomic E-state index is 0.0476. The molecule has 1 aromatic carbocycles. The maximum atomic E-state index is 14.1. The quantitative estimate of drug-likeness (QED) is 0.220. The van der Waals surface area contributed by atoms with Crippen LogP contribution in [0.3, 0.4) is 0 Å². The van der Waals surface area contributed by atoms with Crippen LogP contribution in [0, 0.1) is 11.7 Å². The summed E-state index contributed by atoms with van der Waals surface area (Å²) in [5.41, 5.74) is 0.936. The van der Waals surface area contributed by atoms with Gasteiger partial charge in [0.15, 0.2) is 5.82 Å². The highest BCUT2D eigenvalue weighted by Gasteiger charge is 2.31. The Morgan fingerprint density at radius 1 is 1.12 bits per heavy atom. The van der Waals surface area contributed by atoms with Crippen molar-refractivity contribution < 1.29 is 18.4 Å². The predicted molar refractivity (Wildman–Crippen MR) is 169 cm³/mol. The number of carbonyl (C=O) groups excluding carboxylic acids is 2. The van der Waals surface area contributed by atoms with Crippen LogP contribution in [0.2, 0.25) is 0 Å². The van der Waals surface area contributed by atoms with Crippen LogP contribution in [0.5, 0.6) is 0 Å². The van der Waals surface area contributed by atoms with Gasteiger partial charge in [-0.15, -0.1) is 0 Å². The summed E-state index contributed by atoms with van der Waals surface area (Å²) in [5, 5.41) is 9.20. The number of aryl methyl sites for hydroxylation is 1. The summed E-state index contributed by atoms with van der Waals surface area (Å²) in [6.45, 7) is 14.5. The Bertz CT molecular complexity index is 1070. The predicted octanol–water partition coefficient (Wildman–Crippen LogP) is 6.96. The third-order valence-corrected chi connectivity index (χ3v) is 7.76. The molecule has 0 saturated carbocycles. The number of anilines is 1. The van der Waals surface area contributed by atoms with Crippen LogP contribution >= 0.6 is 0 Å². The number of aromatic nitrogens is 2. The highest BCUT2D eigenvalue weighted by atomic mass is 19.1. The van der Waals surface area contributed by atoms with Crippen LogP contribution in [-0.2, 0) is 28.0 Å². The molecule has 1 aromatic heterocycles. The van der Waals surface area contributed by atoms with Gasteiger partial charge in [0.25, 0.3) is 0 Å². The number of rotatable bonds is 13. The molecule has 0 saturated heterocycles. The molecular weight excluding hydrogens is 536 g/mol. The van der Waals surface area contributed by atoms with Gasteiger partial charge >= 0.3 is 0 Å². The van der Waals surface area contributed by atoms with Gasteiger partial charge < -0.3 is 20.5 Å². The summed E-state index contributed by atoms with van der Waals surface area (Å²) in [7, 11) is 0.500. The summed E-state index contributed by atoms with van der Waals surface area (Å²) in [5.74, 6) is 0.307. The van der Waals surface area contributed by atoms with Crippen molar-refractivity contribution in [2.24, 2.45) is 5.92 Å². The zero-order chi connectivity index (χ0) is 31.7. The first kappa shape index (κ1) is 37.2. The second-order valence-electron chi connectivity index (χ2n) is 11.8. The number of amides is 2. The summed E-state index contributed by atoms with van der Waals surface area (Å²) in [6.07, 6.45) is 12.7. The van der Waals surface area contributed by atoms with Gasteiger partial charge in [0.2, 0.25) is 11.8 Å². The molecule has 42 heavy (non-hydrogen) atoms. The van der Waals surface area contributed by atoms with E-state index in [0.717, 1.165) is 30.4 Å². The fourth-order valence-electron chi connectivity index (χ4n) is 4.82. The van der Waals surface area contributed by atoms with Crippen molar-refractivity contribution in [1.29, 1.82) is 0 Å². The molecule has 1 heterocycles. The van der Waals surface area contributed by atoms with E-state index >= 15 is 0 Å². The van der Waals surface area contributed by atoms with Gasteiger partial charge in [0.05, 0.1) is 20.0 Å². The van der Waals surface area contributed by atoms with E-state index in [9.17, 15) is 18.4 Å². The van der Waals surface area contributed by atoms with Gasteiger partial charge in [-0.2, -0.15) is 0 Å². The number of nitrogens with zero attached hydrogens (tertiary/aromatic N) is 2. The van der Waals surface area contributed by atoms with E-state index in [1.54, 1.807) is 23.2 Å². The molecule has 7 nitrogen and oxygen atoms in total. The van der Waals surface area contributed by atoms with Gasteiger partial charge in [0, 0.05) is 18.3 Å². The van der Waals surface area contributed by atoms with Gasteiger partial charge in [-0.3, -0.25) is 14.0 Å². The molecule has 3 unspecified atom stereocenters. The number of halogens is 2. The lowest BCUT2D eigenvalue weighted by atomic mass is 9.88. The van der Waals surface area contributed by atoms with Crippen LogP contribution in [0.4, 0.5) is 14.6 Å². The fourth-order valence-corrected chi connectivity index (χ4v) is 4.82. The second-order valence-corrected chi connectivity index (χ2v) is 11.8. The van der Waals surface area contributed by atoms with E-state index < -0.39 is 5.54 Å². The Morgan fingerprint density at radius 2 is 1.81 bits per heavy atom. The van der Waals surface area contributed by atoms with Crippen molar-refractivity contribution in [3.05, 3.63) is 47.7 Å². The summed E-state index contributed by atoms with van der Waals surface area (Å²) in [4.78, 5) is 29.9. The Hall–Kier alpha value is -2.81. The van der Waals surface area contributed by atoms with E-state index in [1.165, 1.54) is 38.2 Å². The van der Waals surface area contributed by atoms with Gasteiger partial charge in [-0.05, 0) is 69.6 Å². The fraction of sp³-hybridized carbons (Fsp3) is 0.667. The van der Waals surface area contributed by atoms with Crippen molar-refractivity contribution in [3.8, 4) is 0 Å². The third kappa shape index (κ3) is 11.8. The van der Waals surface area contributed by atoms with Crippen molar-refractivity contribution in [3.63, 3.8) is 0 Å². The van der Waals surface area contributed by atoms with Crippen LogP contribution in [0.1, 0.15) is 105 Å². The second kappa shape index (κ2) is 19.4. The molecule has 1 aliphatic carbocycles. The summed E-state index contributed by atoms with van der Waals surface area (Å²) < 4.78 is 25.4. The average molecular weight is 592 g/mol. The number of fused-ring (bicyclic) bond motifs is 1. The molecule has 2 aromatic rings. The first-order valence-electron chi connectivity index (χ1n) is 15.6. The van der Waals surface area contributed by atoms with Crippen molar-refractivity contribution in [2.45, 2.75) is 124 Å². The number of alkyl halides is 1. The van der Waals surface area contributed by atoms with Crippen molar-refractivity contribution in [1.82, 2.24) is 20.2 Å². The Labute approximate surface area is 252 Å². The molecule has 0 fully saturated rings. The number of hydrogen-bond donors (Lipinski definition) is 3. The molecule has 3 rings (SSSR count). The Morgan fingerprint density at radius 3 is 2.48 bits per heavy atom. The van der Waals surface area contributed by atoms with Crippen molar-refractivity contribution in [2.75, 3.05) is 19.0 Å². The molecule has 238 valence electrons. The van der Waals surface area contributed by atoms with Gasteiger partial charge in [-0.1, -0.05) is 71.9 Å². The monoisotopic (exact) mass is 591 g/mol. The van der Waals surface area contributed by atoms with Gasteiger partial charge in [-0.25, -0.2) is 9.37 Å². The number of benzene rings is 1. The minimum atomic E-state index is -0.857. The van der Waals surface area contributed by atoms with Gasteiger partial charge in [0.1, 0.15) is 11.4 Å². The molecule has 0 bridgehead atoms. The minimum Gasteiger partial charge on any atom is -0.351 e. The first-order valence-corrected chi connectivity index (χ1v) is 15.6. The molecule has 1 aliphatic rings. The average Bonchev–Trinajstić information content (AvgIpc) is 3.45. The molecule has 0 spiro atoms. The van der Waals surface area contributed by atoms with Crippen LogP contribution in [0.25, 0.3) is 0 Å². The normalized spacial score (nSPS) is 15.6. The number of carbonyl (C=O) groups is 2. The first-order chi connectivity index (χ1) is 20.0. The number of nitrogens with one attached hydrogen (secondary N) is 3. The van der Waals surface area contributed by atoms with E-state index in [1.807, 2.05) is 19.9 Å². The highest BCUT2D eigenvalue weighted by Crippen LogP contribution is 2.24. The maximum Gasteiger partial charge on any atom is 0.245 e. The van der Waals surface area contributed by atoms with E-state index in [2.05, 4.69) is 55.6 Å². The zero-order valence-corrected chi connectivity index (χ0v) is 27.2. The van der Waals surface area contributed by atoms with Crippen LogP contribution in [-0.4, -0.2) is 47.2 Å². The van der Waals surface area contributed by atoms with E-state index in [-0.39, 0.29) is 36.3 Å². The molecular formula is C33H55F2N5O2. The number of unbranched alkanes of at least 4 members (excludes halogenated alkanes) is 3. The lowest BCUT2D eigenvalue weighted by Crippen LogP contribution is -2.48. The van der Waals surface area contributed by atoms with E-state index in [0.29, 0.717) is 25.3 Å². The lowest BCUT2D eigenvalue weighted by Gasteiger charge is -2.29. The Balaban J connectivity index is 0.00000165.